The molecule has 0 aromatic heterocycles. The molecule has 124 valence electrons. The zero-order chi connectivity index (χ0) is 17.1. The monoisotopic (exact) mass is 324 g/mol. The highest BCUT2D eigenvalue weighted by molar-refractivity contribution is 6.00. The average molecular weight is 324 g/mol. The molecule has 0 saturated heterocycles. The highest BCUT2D eigenvalue weighted by Crippen LogP contribution is 2.37. The third kappa shape index (κ3) is 3.56. The number of nitrogens with one attached hydrogen (secondary N) is 2. The molecule has 2 aromatic rings. The Balaban J connectivity index is 1.71. The van der Waals surface area contributed by atoms with Gasteiger partial charge in [-0.3, -0.25) is 9.59 Å². The van der Waals surface area contributed by atoms with Gasteiger partial charge in [-0.25, -0.2) is 0 Å². The van der Waals surface area contributed by atoms with Gasteiger partial charge in [-0.1, -0.05) is 24.3 Å². The van der Waals surface area contributed by atoms with Crippen LogP contribution < -0.4 is 15.4 Å². The second-order valence-corrected chi connectivity index (χ2v) is 6.00. The Hall–Kier alpha value is -2.82. The molecule has 0 bridgehead atoms. The predicted octanol–water partition coefficient (Wildman–Crippen LogP) is 3.21. The van der Waals surface area contributed by atoms with Gasteiger partial charge in [-0.05, 0) is 49.1 Å². The lowest BCUT2D eigenvalue weighted by Crippen LogP contribution is -2.26. The largest absolute Gasteiger partial charge is 0.479 e. The molecule has 0 fully saturated rings. The van der Waals surface area contributed by atoms with Crippen LogP contribution >= 0.6 is 0 Å². The van der Waals surface area contributed by atoms with Crippen LogP contribution in [0.2, 0.25) is 0 Å². The number of anilines is 2. The number of hydrogen-bond acceptors (Lipinski definition) is 3. The Morgan fingerprint density at radius 1 is 1.25 bits per heavy atom. The molecule has 24 heavy (non-hydrogen) atoms. The maximum atomic E-state index is 12.3. The zero-order valence-corrected chi connectivity index (χ0v) is 13.8. The highest BCUT2D eigenvalue weighted by Gasteiger charge is 2.20. The fourth-order valence-electron chi connectivity index (χ4n) is 2.79. The van der Waals surface area contributed by atoms with Gasteiger partial charge >= 0.3 is 0 Å². The second kappa shape index (κ2) is 6.74. The fraction of sp³-hybridized carbons (Fsp3) is 0.263. The minimum Gasteiger partial charge on any atom is -0.479 e. The van der Waals surface area contributed by atoms with Crippen molar-refractivity contribution >= 4 is 23.2 Å². The van der Waals surface area contributed by atoms with Gasteiger partial charge in [0.2, 0.25) is 5.91 Å². The van der Waals surface area contributed by atoms with Crippen molar-refractivity contribution in [3.63, 3.8) is 0 Å². The predicted molar refractivity (Wildman–Crippen MR) is 93.4 cm³/mol. The number of aryl methyl sites for hydroxylation is 3. The van der Waals surface area contributed by atoms with E-state index in [0.717, 1.165) is 5.56 Å². The minimum atomic E-state index is -0.190. The lowest BCUT2D eigenvalue weighted by molar-refractivity contribution is -0.118. The number of carbonyl (C=O) groups excluding carboxylic acids is 2. The van der Waals surface area contributed by atoms with Gasteiger partial charge < -0.3 is 15.4 Å². The summed E-state index contributed by atoms with van der Waals surface area (Å²) in [4.78, 5) is 23.7. The molecule has 0 radical (unpaired) electrons. The Bertz CT molecular complexity index is 799. The van der Waals surface area contributed by atoms with Crippen LogP contribution in [0.15, 0.2) is 36.4 Å². The quantitative estimate of drug-likeness (QED) is 0.907. The summed E-state index contributed by atoms with van der Waals surface area (Å²) < 4.78 is 5.48. The molecular weight excluding hydrogens is 304 g/mol. The first kappa shape index (κ1) is 16.1. The van der Waals surface area contributed by atoms with E-state index in [9.17, 15) is 9.59 Å². The van der Waals surface area contributed by atoms with E-state index in [1.165, 1.54) is 11.1 Å². The fourth-order valence-corrected chi connectivity index (χ4v) is 2.79. The van der Waals surface area contributed by atoms with Gasteiger partial charge in [-0.2, -0.15) is 0 Å². The first-order chi connectivity index (χ1) is 11.5. The smallest absolute Gasteiger partial charge is 0.262 e. The second-order valence-electron chi connectivity index (χ2n) is 6.00. The number of carbonyl (C=O) groups is 2. The van der Waals surface area contributed by atoms with E-state index in [0.29, 0.717) is 30.0 Å². The summed E-state index contributed by atoms with van der Waals surface area (Å²) in [5.74, 6) is 0.251. The number of hydrogen-bond donors (Lipinski definition) is 2. The molecule has 3 rings (SSSR count). The summed E-state index contributed by atoms with van der Waals surface area (Å²) in [6.45, 7) is 3.91. The summed E-state index contributed by atoms with van der Waals surface area (Å²) in [5.41, 5.74) is 4.49. The standard InChI is InChI=1S/C19H20N2O3/c1-12-9-15(19-16(10-12)21-18(23)11-24-19)20-17(22)8-7-14-6-4-3-5-13(14)2/h3-6,9-10H,7-8,11H2,1-2H3,(H,20,22)(H,21,23). The SMILES string of the molecule is Cc1cc(NC(=O)CCc2ccccc2C)c2c(c1)NC(=O)CO2. The van der Waals surface area contributed by atoms with Crippen LogP contribution in [-0.2, 0) is 16.0 Å². The van der Waals surface area contributed by atoms with Crippen molar-refractivity contribution in [3.8, 4) is 5.75 Å². The molecule has 2 N–H and O–H groups in total. The number of rotatable bonds is 4. The van der Waals surface area contributed by atoms with Crippen LogP contribution in [0.3, 0.4) is 0 Å². The molecule has 2 aromatic carbocycles. The Kier molecular flexibility index (Phi) is 4.51. The van der Waals surface area contributed by atoms with Crippen molar-refractivity contribution in [3.05, 3.63) is 53.1 Å². The lowest BCUT2D eigenvalue weighted by Gasteiger charge is -2.21. The van der Waals surface area contributed by atoms with Gasteiger partial charge in [0.15, 0.2) is 12.4 Å². The summed E-state index contributed by atoms with van der Waals surface area (Å²) >= 11 is 0. The maximum Gasteiger partial charge on any atom is 0.262 e. The van der Waals surface area contributed by atoms with Crippen molar-refractivity contribution in [1.29, 1.82) is 0 Å². The van der Waals surface area contributed by atoms with E-state index in [1.54, 1.807) is 0 Å². The van der Waals surface area contributed by atoms with Gasteiger partial charge in [0, 0.05) is 6.42 Å². The average Bonchev–Trinajstić information content (AvgIpc) is 2.53. The number of benzene rings is 2. The number of fused-ring (bicyclic) bond motifs is 1. The van der Waals surface area contributed by atoms with E-state index in [4.69, 9.17) is 4.74 Å². The minimum absolute atomic E-state index is 0.0395. The Morgan fingerprint density at radius 3 is 2.83 bits per heavy atom. The van der Waals surface area contributed by atoms with E-state index in [1.807, 2.05) is 50.2 Å². The molecule has 2 amide bonds. The van der Waals surface area contributed by atoms with E-state index in [-0.39, 0.29) is 18.4 Å². The van der Waals surface area contributed by atoms with Crippen molar-refractivity contribution in [2.24, 2.45) is 0 Å². The normalized spacial score (nSPS) is 12.8. The molecule has 1 aliphatic rings. The van der Waals surface area contributed by atoms with E-state index < -0.39 is 0 Å². The molecule has 1 aliphatic heterocycles. The highest BCUT2D eigenvalue weighted by atomic mass is 16.5. The van der Waals surface area contributed by atoms with E-state index in [2.05, 4.69) is 10.6 Å². The van der Waals surface area contributed by atoms with Gasteiger partial charge in [0.05, 0.1) is 11.4 Å². The van der Waals surface area contributed by atoms with Crippen LogP contribution in [0.5, 0.6) is 5.75 Å². The van der Waals surface area contributed by atoms with Crippen molar-refractivity contribution in [2.45, 2.75) is 26.7 Å². The summed E-state index contributed by atoms with van der Waals surface area (Å²) in [6, 6.07) is 11.7. The first-order valence-electron chi connectivity index (χ1n) is 7.94. The number of ether oxygens (including phenoxy) is 1. The Morgan fingerprint density at radius 2 is 2.04 bits per heavy atom. The topological polar surface area (TPSA) is 67.4 Å². The zero-order valence-electron chi connectivity index (χ0n) is 13.8. The molecule has 0 atom stereocenters. The maximum absolute atomic E-state index is 12.3. The molecule has 5 heteroatoms. The number of amides is 2. The van der Waals surface area contributed by atoms with Crippen LogP contribution in [0.25, 0.3) is 0 Å². The van der Waals surface area contributed by atoms with Crippen LogP contribution in [0.4, 0.5) is 11.4 Å². The lowest BCUT2D eigenvalue weighted by atomic mass is 10.0. The van der Waals surface area contributed by atoms with Crippen molar-refractivity contribution in [2.75, 3.05) is 17.2 Å². The first-order valence-corrected chi connectivity index (χ1v) is 7.94. The van der Waals surface area contributed by atoms with Gasteiger partial charge in [0.25, 0.3) is 5.91 Å². The Labute approximate surface area is 141 Å². The summed E-state index contributed by atoms with van der Waals surface area (Å²) in [5, 5.41) is 5.66. The summed E-state index contributed by atoms with van der Waals surface area (Å²) in [7, 11) is 0. The van der Waals surface area contributed by atoms with Crippen LogP contribution in [0.1, 0.15) is 23.1 Å². The molecule has 0 spiro atoms. The van der Waals surface area contributed by atoms with Crippen molar-refractivity contribution < 1.29 is 14.3 Å². The third-order valence-electron chi connectivity index (χ3n) is 4.01. The molecule has 0 unspecified atom stereocenters. The van der Waals surface area contributed by atoms with E-state index >= 15 is 0 Å². The van der Waals surface area contributed by atoms with Crippen LogP contribution in [-0.4, -0.2) is 18.4 Å². The van der Waals surface area contributed by atoms with Crippen molar-refractivity contribution in [1.82, 2.24) is 0 Å². The van der Waals surface area contributed by atoms with Crippen LogP contribution in [0, 0.1) is 13.8 Å². The molecule has 0 saturated carbocycles. The molecular formula is C19H20N2O3. The molecule has 5 nitrogen and oxygen atoms in total. The molecule has 0 aliphatic carbocycles. The van der Waals surface area contributed by atoms with Gasteiger partial charge in [-0.15, -0.1) is 0 Å². The molecule has 1 heterocycles. The van der Waals surface area contributed by atoms with Gasteiger partial charge in [0.1, 0.15) is 0 Å². The third-order valence-corrected chi connectivity index (χ3v) is 4.01. The summed E-state index contributed by atoms with van der Waals surface area (Å²) in [6.07, 6.45) is 1.07.